The molecule has 0 atom stereocenters. The fraction of sp³-hybridized carbons (Fsp3) is 0.471. The highest BCUT2D eigenvalue weighted by Gasteiger charge is 2.26. The minimum atomic E-state index is 0.156. The maximum absolute atomic E-state index is 12.3. The van der Waals surface area contributed by atoms with E-state index in [9.17, 15) is 4.79 Å². The van der Waals surface area contributed by atoms with Crippen LogP contribution in [0.4, 0.5) is 0 Å². The second-order valence-electron chi connectivity index (χ2n) is 5.92. The highest BCUT2D eigenvalue weighted by molar-refractivity contribution is 5.78. The average molecular weight is 315 g/mol. The molecular formula is C17H21N3O3. The molecule has 6 nitrogen and oxygen atoms in total. The van der Waals surface area contributed by atoms with Crippen LogP contribution in [0.3, 0.4) is 0 Å². The van der Waals surface area contributed by atoms with Crippen molar-refractivity contribution in [3.8, 4) is 17.1 Å². The van der Waals surface area contributed by atoms with Crippen molar-refractivity contribution in [3.05, 3.63) is 30.2 Å². The fourth-order valence-electron chi connectivity index (χ4n) is 2.94. The van der Waals surface area contributed by atoms with Crippen molar-refractivity contribution < 1.29 is 14.1 Å². The first-order chi connectivity index (χ1) is 11.2. The van der Waals surface area contributed by atoms with E-state index in [2.05, 4.69) is 10.1 Å². The Morgan fingerprint density at radius 2 is 2.00 bits per heavy atom. The molecular weight excluding hydrogens is 294 g/mol. The summed E-state index contributed by atoms with van der Waals surface area (Å²) in [6, 6.07) is 7.45. The number of aromatic nitrogens is 2. The van der Waals surface area contributed by atoms with Crippen LogP contribution in [0.5, 0.6) is 5.75 Å². The molecule has 0 aliphatic heterocycles. The second-order valence-corrected chi connectivity index (χ2v) is 5.92. The standard InChI is InChI=1S/C17H21N3O3/c1-20(17(21)13-5-3-4-6-13)11-15-18-16(19-23-15)12-7-9-14(22-2)10-8-12/h7-10,13H,3-6,11H2,1-2H3. The summed E-state index contributed by atoms with van der Waals surface area (Å²) in [4.78, 5) is 18.4. The Morgan fingerprint density at radius 1 is 1.30 bits per heavy atom. The summed E-state index contributed by atoms with van der Waals surface area (Å²) >= 11 is 0. The Morgan fingerprint density at radius 3 is 2.65 bits per heavy atom. The zero-order valence-corrected chi connectivity index (χ0v) is 13.5. The summed E-state index contributed by atoms with van der Waals surface area (Å²) in [6.45, 7) is 0.346. The van der Waals surface area contributed by atoms with Gasteiger partial charge in [0.1, 0.15) is 5.75 Å². The topological polar surface area (TPSA) is 68.5 Å². The molecule has 1 saturated carbocycles. The van der Waals surface area contributed by atoms with Gasteiger partial charge in [-0.3, -0.25) is 4.79 Å². The maximum atomic E-state index is 12.3. The minimum Gasteiger partial charge on any atom is -0.497 e. The van der Waals surface area contributed by atoms with Crippen LogP contribution in [0.2, 0.25) is 0 Å². The van der Waals surface area contributed by atoms with E-state index >= 15 is 0 Å². The SMILES string of the molecule is COc1ccc(-c2noc(CN(C)C(=O)C3CCCC3)n2)cc1. The van der Waals surface area contributed by atoms with Crippen molar-refractivity contribution in [2.45, 2.75) is 32.2 Å². The maximum Gasteiger partial charge on any atom is 0.246 e. The normalized spacial score (nSPS) is 14.9. The molecule has 1 aromatic carbocycles. The molecule has 3 rings (SSSR count). The number of hydrogen-bond acceptors (Lipinski definition) is 5. The van der Waals surface area contributed by atoms with Gasteiger partial charge in [0.15, 0.2) is 0 Å². The van der Waals surface area contributed by atoms with Gasteiger partial charge >= 0.3 is 0 Å². The van der Waals surface area contributed by atoms with Gasteiger partial charge in [0.25, 0.3) is 0 Å². The van der Waals surface area contributed by atoms with Crippen molar-refractivity contribution >= 4 is 5.91 Å². The Hall–Kier alpha value is -2.37. The number of benzene rings is 1. The van der Waals surface area contributed by atoms with Crippen LogP contribution in [0.25, 0.3) is 11.4 Å². The third-order valence-electron chi connectivity index (χ3n) is 4.27. The van der Waals surface area contributed by atoms with Crippen molar-refractivity contribution in [2.24, 2.45) is 5.92 Å². The van der Waals surface area contributed by atoms with Crippen LogP contribution >= 0.6 is 0 Å². The third-order valence-corrected chi connectivity index (χ3v) is 4.27. The van der Waals surface area contributed by atoms with Gasteiger partial charge < -0.3 is 14.2 Å². The van der Waals surface area contributed by atoms with Crippen LogP contribution in [-0.2, 0) is 11.3 Å². The molecule has 0 N–H and O–H groups in total. The molecule has 2 aromatic rings. The number of carbonyl (C=O) groups excluding carboxylic acids is 1. The van der Waals surface area contributed by atoms with Crippen molar-refractivity contribution in [1.29, 1.82) is 0 Å². The Balaban J connectivity index is 1.65. The minimum absolute atomic E-state index is 0.156. The monoisotopic (exact) mass is 315 g/mol. The van der Waals surface area contributed by atoms with Gasteiger partial charge in [0, 0.05) is 18.5 Å². The summed E-state index contributed by atoms with van der Waals surface area (Å²) in [7, 11) is 3.41. The van der Waals surface area contributed by atoms with E-state index in [0.29, 0.717) is 18.3 Å². The molecule has 1 amide bonds. The molecule has 0 spiro atoms. The molecule has 0 saturated heterocycles. The molecule has 1 aliphatic carbocycles. The first-order valence-electron chi connectivity index (χ1n) is 7.89. The highest BCUT2D eigenvalue weighted by atomic mass is 16.5. The lowest BCUT2D eigenvalue weighted by Crippen LogP contribution is -2.31. The van der Waals surface area contributed by atoms with Crippen LogP contribution in [0.1, 0.15) is 31.6 Å². The van der Waals surface area contributed by atoms with E-state index in [4.69, 9.17) is 9.26 Å². The Labute approximate surface area is 135 Å². The van der Waals surface area contributed by atoms with Crippen LogP contribution in [-0.4, -0.2) is 35.1 Å². The summed E-state index contributed by atoms with van der Waals surface area (Å²) < 4.78 is 10.4. The summed E-state index contributed by atoms with van der Waals surface area (Å²) in [5.41, 5.74) is 0.852. The molecule has 0 unspecified atom stereocenters. The van der Waals surface area contributed by atoms with E-state index in [1.807, 2.05) is 24.3 Å². The van der Waals surface area contributed by atoms with Gasteiger partial charge in [0.05, 0.1) is 13.7 Å². The number of rotatable bonds is 5. The van der Waals surface area contributed by atoms with Crippen molar-refractivity contribution in [1.82, 2.24) is 15.0 Å². The van der Waals surface area contributed by atoms with Gasteiger partial charge in [-0.05, 0) is 37.1 Å². The summed E-state index contributed by atoms with van der Waals surface area (Å²) in [5.74, 6) is 2.07. The fourth-order valence-corrected chi connectivity index (χ4v) is 2.94. The quantitative estimate of drug-likeness (QED) is 0.848. The molecule has 1 aromatic heterocycles. The number of carbonyl (C=O) groups is 1. The number of methoxy groups -OCH3 is 1. The van der Waals surface area contributed by atoms with Crippen molar-refractivity contribution in [3.63, 3.8) is 0 Å². The lowest BCUT2D eigenvalue weighted by atomic mass is 10.1. The molecule has 1 heterocycles. The first kappa shape index (κ1) is 15.5. The van der Waals surface area contributed by atoms with E-state index in [1.165, 1.54) is 0 Å². The summed E-state index contributed by atoms with van der Waals surface area (Å²) in [6.07, 6.45) is 4.27. The lowest BCUT2D eigenvalue weighted by Gasteiger charge is -2.18. The number of ether oxygens (including phenoxy) is 1. The number of hydrogen-bond donors (Lipinski definition) is 0. The van der Waals surface area contributed by atoms with Crippen LogP contribution in [0, 0.1) is 5.92 Å². The zero-order valence-electron chi connectivity index (χ0n) is 13.5. The average Bonchev–Trinajstić information content (AvgIpc) is 3.26. The second kappa shape index (κ2) is 6.81. The predicted octanol–water partition coefficient (Wildman–Crippen LogP) is 2.89. The number of amides is 1. The zero-order chi connectivity index (χ0) is 16.2. The molecule has 6 heteroatoms. The number of nitrogens with zero attached hydrogens (tertiary/aromatic N) is 3. The largest absolute Gasteiger partial charge is 0.497 e. The van der Waals surface area contributed by atoms with E-state index in [-0.39, 0.29) is 11.8 Å². The molecule has 0 radical (unpaired) electrons. The van der Waals surface area contributed by atoms with Gasteiger partial charge in [-0.25, -0.2) is 0 Å². The smallest absolute Gasteiger partial charge is 0.246 e. The molecule has 1 fully saturated rings. The lowest BCUT2D eigenvalue weighted by molar-refractivity contribution is -0.134. The molecule has 1 aliphatic rings. The highest BCUT2D eigenvalue weighted by Crippen LogP contribution is 2.26. The van der Waals surface area contributed by atoms with Gasteiger partial charge in [-0.2, -0.15) is 4.98 Å². The molecule has 122 valence electrons. The van der Waals surface area contributed by atoms with Crippen molar-refractivity contribution in [2.75, 3.05) is 14.2 Å². The first-order valence-corrected chi connectivity index (χ1v) is 7.89. The van der Waals surface area contributed by atoms with Crippen LogP contribution in [0.15, 0.2) is 28.8 Å². The van der Waals surface area contributed by atoms with E-state index < -0.39 is 0 Å². The van der Waals surface area contributed by atoms with Gasteiger partial charge in [-0.15, -0.1) is 0 Å². The third kappa shape index (κ3) is 3.52. The van der Waals surface area contributed by atoms with E-state index in [1.54, 1.807) is 19.1 Å². The summed E-state index contributed by atoms with van der Waals surface area (Å²) in [5, 5.41) is 3.99. The van der Waals surface area contributed by atoms with Gasteiger partial charge in [0.2, 0.25) is 17.6 Å². The Bertz CT molecular complexity index is 660. The molecule has 0 bridgehead atoms. The van der Waals surface area contributed by atoms with E-state index in [0.717, 1.165) is 37.0 Å². The molecule has 23 heavy (non-hydrogen) atoms. The van der Waals surface area contributed by atoms with Crippen LogP contribution < -0.4 is 4.74 Å². The predicted molar refractivity (Wildman–Crippen MR) is 84.7 cm³/mol. The van der Waals surface area contributed by atoms with Gasteiger partial charge in [-0.1, -0.05) is 18.0 Å². The Kier molecular flexibility index (Phi) is 4.60.